The van der Waals surface area contributed by atoms with Gasteiger partial charge in [0.2, 0.25) is 0 Å². The first-order chi connectivity index (χ1) is 11.5. The van der Waals surface area contributed by atoms with Crippen LogP contribution in [0.1, 0.15) is 12.2 Å². The quantitative estimate of drug-likeness (QED) is 0.562. The van der Waals surface area contributed by atoms with E-state index < -0.39 is 17.8 Å². The molecule has 0 radical (unpaired) electrons. The lowest BCUT2D eigenvalue weighted by atomic mass is 10.2. The number of aromatic nitrogens is 4. The molecule has 0 atom stereocenters. The lowest BCUT2D eigenvalue weighted by molar-refractivity contribution is -0.141. The van der Waals surface area contributed by atoms with Crippen molar-refractivity contribution in [3.63, 3.8) is 0 Å². The molecular weight excluding hydrogens is 316 g/mol. The van der Waals surface area contributed by atoms with Gasteiger partial charge in [0, 0.05) is 12.2 Å². The van der Waals surface area contributed by atoms with Gasteiger partial charge in [-0.3, -0.25) is 14.4 Å². The molecule has 1 aromatic heterocycles. The van der Waals surface area contributed by atoms with Crippen LogP contribution in [0.25, 0.3) is 5.69 Å². The first-order valence-corrected chi connectivity index (χ1v) is 7.02. The summed E-state index contributed by atoms with van der Waals surface area (Å²) < 4.78 is 5.93. The van der Waals surface area contributed by atoms with Crippen LogP contribution in [0.3, 0.4) is 0 Å². The van der Waals surface area contributed by atoms with Crippen molar-refractivity contribution in [2.45, 2.75) is 13.3 Å². The first-order valence-electron chi connectivity index (χ1n) is 7.02. The highest BCUT2D eigenvalue weighted by molar-refractivity contribution is 6.39. The van der Waals surface area contributed by atoms with E-state index in [0.29, 0.717) is 17.2 Å². The van der Waals surface area contributed by atoms with Crippen LogP contribution in [0.4, 0.5) is 5.69 Å². The highest BCUT2D eigenvalue weighted by atomic mass is 16.5. The largest absolute Gasteiger partial charge is 0.469 e. The van der Waals surface area contributed by atoms with Crippen LogP contribution in [0.2, 0.25) is 0 Å². The maximum absolute atomic E-state index is 11.8. The van der Waals surface area contributed by atoms with E-state index in [-0.39, 0.29) is 13.0 Å². The van der Waals surface area contributed by atoms with E-state index in [1.54, 1.807) is 31.2 Å². The topological polar surface area (TPSA) is 128 Å². The number of rotatable bonds is 5. The Hall–Kier alpha value is -3.30. The second-order valence-corrected chi connectivity index (χ2v) is 4.72. The SMILES string of the molecule is COC(=O)CCNC(=O)C(=O)Nc1cccc(-n2nnnc2C)c1. The number of esters is 1. The maximum atomic E-state index is 11.8. The molecule has 0 spiro atoms. The summed E-state index contributed by atoms with van der Waals surface area (Å²) >= 11 is 0. The molecule has 2 rings (SSSR count). The average molecular weight is 332 g/mol. The summed E-state index contributed by atoms with van der Waals surface area (Å²) in [4.78, 5) is 34.4. The Morgan fingerprint density at radius 3 is 2.71 bits per heavy atom. The van der Waals surface area contributed by atoms with Gasteiger partial charge in [0.25, 0.3) is 0 Å². The number of amides is 2. The van der Waals surface area contributed by atoms with Gasteiger partial charge in [-0.05, 0) is 35.5 Å². The van der Waals surface area contributed by atoms with Gasteiger partial charge in [0.15, 0.2) is 5.82 Å². The Bertz CT molecular complexity index is 757. The second-order valence-electron chi connectivity index (χ2n) is 4.72. The molecule has 1 aromatic carbocycles. The molecule has 10 nitrogen and oxygen atoms in total. The van der Waals surface area contributed by atoms with Crippen LogP contribution in [0.5, 0.6) is 0 Å². The number of benzene rings is 1. The van der Waals surface area contributed by atoms with Crippen LogP contribution in [-0.2, 0) is 19.1 Å². The van der Waals surface area contributed by atoms with Gasteiger partial charge in [-0.25, -0.2) is 0 Å². The molecule has 0 saturated carbocycles. The maximum Gasteiger partial charge on any atom is 0.313 e. The van der Waals surface area contributed by atoms with Crippen LogP contribution >= 0.6 is 0 Å². The predicted octanol–water partition coefficient (Wildman–Crippen LogP) is -0.411. The van der Waals surface area contributed by atoms with E-state index in [2.05, 4.69) is 30.9 Å². The number of ether oxygens (including phenoxy) is 1. The summed E-state index contributed by atoms with van der Waals surface area (Å²) in [5.41, 5.74) is 1.05. The highest BCUT2D eigenvalue weighted by Crippen LogP contribution is 2.14. The molecule has 0 saturated heterocycles. The number of nitrogens with one attached hydrogen (secondary N) is 2. The predicted molar refractivity (Wildman–Crippen MR) is 82.2 cm³/mol. The van der Waals surface area contributed by atoms with Crippen molar-refractivity contribution >= 4 is 23.5 Å². The molecule has 0 unspecified atom stereocenters. The molecule has 10 heteroatoms. The Morgan fingerprint density at radius 2 is 2.04 bits per heavy atom. The Balaban J connectivity index is 1.95. The van der Waals surface area contributed by atoms with Crippen LogP contribution < -0.4 is 10.6 Å². The zero-order chi connectivity index (χ0) is 17.5. The van der Waals surface area contributed by atoms with Crippen molar-refractivity contribution in [3.8, 4) is 5.69 Å². The Labute approximate surface area is 137 Å². The number of anilines is 1. The number of carbonyl (C=O) groups is 3. The number of hydrogen-bond acceptors (Lipinski definition) is 7. The molecule has 0 fully saturated rings. The number of carbonyl (C=O) groups excluding carboxylic acids is 3. The van der Waals surface area contributed by atoms with Crippen molar-refractivity contribution in [2.24, 2.45) is 0 Å². The van der Waals surface area contributed by atoms with Gasteiger partial charge in [0.05, 0.1) is 19.2 Å². The van der Waals surface area contributed by atoms with E-state index in [0.717, 1.165) is 0 Å². The van der Waals surface area contributed by atoms with Crippen molar-refractivity contribution < 1.29 is 19.1 Å². The summed E-state index contributed by atoms with van der Waals surface area (Å²) in [7, 11) is 1.25. The lowest BCUT2D eigenvalue weighted by Crippen LogP contribution is -2.36. The van der Waals surface area contributed by atoms with Crippen LogP contribution in [-0.4, -0.2) is 51.6 Å². The normalized spacial score (nSPS) is 10.1. The average Bonchev–Trinajstić information content (AvgIpc) is 3.00. The van der Waals surface area contributed by atoms with Crippen molar-refractivity contribution in [1.82, 2.24) is 25.5 Å². The third-order valence-corrected chi connectivity index (χ3v) is 3.02. The summed E-state index contributed by atoms with van der Waals surface area (Å²) in [6.07, 6.45) is -0.0103. The van der Waals surface area contributed by atoms with E-state index in [4.69, 9.17) is 0 Å². The molecule has 126 valence electrons. The molecule has 1 heterocycles. The highest BCUT2D eigenvalue weighted by Gasteiger charge is 2.14. The Kier molecular flexibility index (Phi) is 5.55. The molecule has 2 N–H and O–H groups in total. The fraction of sp³-hybridized carbons (Fsp3) is 0.286. The lowest BCUT2D eigenvalue weighted by Gasteiger charge is -2.08. The molecule has 0 aliphatic carbocycles. The minimum atomic E-state index is -0.845. The second kappa shape index (κ2) is 7.81. The standard InChI is InChI=1S/C14H16N6O4/c1-9-17-18-19-20(9)11-5-3-4-10(8-11)16-14(23)13(22)15-7-6-12(21)24-2/h3-5,8H,6-7H2,1-2H3,(H,15,22)(H,16,23). The number of nitrogens with zero attached hydrogens (tertiary/aromatic N) is 4. The number of aryl methyl sites for hydroxylation is 1. The summed E-state index contributed by atoms with van der Waals surface area (Å²) in [5, 5.41) is 15.9. The molecule has 2 aromatic rings. The van der Waals surface area contributed by atoms with Gasteiger partial charge in [-0.15, -0.1) is 5.10 Å². The van der Waals surface area contributed by atoms with Gasteiger partial charge >= 0.3 is 17.8 Å². The summed E-state index contributed by atoms with van der Waals surface area (Å²) in [6, 6.07) is 6.71. The zero-order valence-electron chi connectivity index (χ0n) is 13.1. The fourth-order valence-electron chi connectivity index (χ4n) is 1.83. The summed E-state index contributed by atoms with van der Waals surface area (Å²) in [6.45, 7) is 1.75. The zero-order valence-corrected chi connectivity index (χ0v) is 13.1. The summed E-state index contributed by atoms with van der Waals surface area (Å²) in [5.74, 6) is -1.58. The molecule has 0 aliphatic heterocycles. The van der Waals surface area contributed by atoms with Crippen molar-refractivity contribution in [1.29, 1.82) is 0 Å². The van der Waals surface area contributed by atoms with Crippen molar-refractivity contribution in [2.75, 3.05) is 19.0 Å². The number of hydrogen-bond donors (Lipinski definition) is 2. The number of tetrazole rings is 1. The fourth-order valence-corrected chi connectivity index (χ4v) is 1.83. The van der Waals surface area contributed by atoms with Crippen LogP contribution in [0.15, 0.2) is 24.3 Å². The monoisotopic (exact) mass is 332 g/mol. The van der Waals surface area contributed by atoms with E-state index in [9.17, 15) is 14.4 Å². The van der Waals surface area contributed by atoms with Gasteiger partial charge < -0.3 is 15.4 Å². The van der Waals surface area contributed by atoms with E-state index in [1.165, 1.54) is 11.8 Å². The smallest absolute Gasteiger partial charge is 0.313 e. The third-order valence-electron chi connectivity index (χ3n) is 3.02. The number of methoxy groups -OCH3 is 1. The molecular formula is C14H16N6O4. The van der Waals surface area contributed by atoms with Crippen molar-refractivity contribution in [3.05, 3.63) is 30.1 Å². The van der Waals surface area contributed by atoms with Gasteiger partial charge in [0.1, 0.15) is 0 Å². The molecule has 0 aliphatic rings. The van der Waals surface area contributed by atoms with E-state index >= 15 is 0 Å². The molecule has 0 bridgehead atoms. The van der Waals surface area contributed by atoms with E-state index in [1.807, 2.05) is 0 Å². The van der Waals surface area contributed by atoms with Gasteiger partial charge in [-0.1, -0.05) is 6.07 Å². The first kappa shape index (κ1) is 17.1. The molecule has 24 heavy (non-hydrogen) atoms. The van der Waals surface area contributed by atoms with Gasteiger partial charge in [-0.2, -0.15) is 4.68 Å². The Morgan fingerprint density at radius 1 is 1.25 bits per heavy atom. The van der Waals surface area contributed by atoms with Crippen LogP contribution in [0, 0.1) is 6.92 Å². The molecule has 2 amide bonds. The third kappa shape index (κ3) is 4.35. The minimum absolute atomic E-state index is 0.0103. The minimum Gasteiger partial charge on any atom is -0.469 e.